The van der Waals surface area contributed by atoms with Gasteiger partial charge >= 0.3 is 0 Å². The number of nitrogens with one attached hydrogen (secondary N) is 1. The van der Waals surface area contributed by atoms with Crippen molar-refractivity contribution < 1.29 is 14.3 Å². The predicted molar refractivity (Wildman–Crippen MR) is 68.0 cm³/mol. The Bertz CT molecular complexity index is 434. The van der Waals surface area contributed by atoms with Crippen LogP contribution in [0.15, 0.2) is 24.3 Å². The fourth-order valence-electron chi connectivity index (χ4n) is 1.37. The van der Waals surface area contributed by atoms with Gasteiger partial charge in [-0.05, 0) is 19.1 Å². The molecule has 0 aliphatic carbocycles. The first-order chi connectivity index (χ1) is 8.52. The number of amides is 2. The number of carbonyl (C=O) groups is 2. The third kappa shape index (κ3) is 4.42. The van der Waals surface area contributed by atoms with Gasteiger partial charge in [0.15, 0.2) is 0 Å². The monoisotopic (exact) mass is 251 g/mol. The number of ether oxygens (including phenoxy) is 1. The van der Waals surface area contributed by atoms with Crippen LogP contribution < -0.4 is 21.5 Å². The van der Waals surface area contributed by atoms with Crippen LogP contribution in [0.5, 0.6) is 5.75 Å². The summed E-state index contributed by atoms with van der Waals surface area (Å²) >= 11 is 0. The number of rotatable bonds is 6. The normalized spacial score (nSPS) is 11.7. The van der Waals surface area contributed by atoms with Crippen molar-refractivity contribution in [2.45, 2.75) is 19.4 Å². The summed E-state index contributed by atoms with van der Waals surface area (Å²) in [6.45, 7) is 2.41. The van der Waals surface area contributed by atoms with Crippen LogP contribution in [0.25, 0.3) is 0 Å². The second kappa shape index (κ2) is 6.61. The standard InChI is InChI=1S/C12H17N3O3/c1-2-18-9-5-3-4-8(6-9)15-12(17)10(13)7-11(14)16/h3-6,10H,2,7,13H2,1H3,(H2,14,16)(H,15,17). The lowest BCUT2D eigenvalue weighted by Crippen LogP contribution is -2.38. The Morgan fingerprint density at radius 1 is 1.44 bits per heavy atom. The van der Waals surface area contributed by atoms with E-state index in [0.29, 0.717) is 18.0 Å². The molecule has 1 aromatic rings. The SMILES string of the molecule is CCOc1cccc(NC(=O)C(N)CC(N)=O)c1. The van der Waals surface area contributed by atoms with Crippen molar-refractivity contribution in [1.29, 1.82) is 0 Å². The summed E-state index contributed by atoms with van der Waals surface area (Å²) in [5, 5.41) is 2.59. The van der Waals surface area contributed by atoms with E-state index in [1.807, 2.05) is 6.92 Å². The first kappa shape index (κ1) is 14.0. The van der Waals surface area contributed by atoms with Crippen LogP contribution in [0.1, 0.15) is 13.3 Å². The highest BCUT2D eigenvalue weighted by atomic mass is 16.5. The van der Waals surface area contributed by atoms with Gasteiger partial charge < -0.3 is 21.5 Å². The van der Waals surface area contributed by atoms with Crippen LogP contribution in [-0.2, 0) is 9.59 Å². The second-order valence-electron chi connectivity index (χ2n) is 3.73. The fraction of sp³-hybridized carbons (Fsp3) is 0.333. The first-order valence-electron chi connectivity index (χ1n) is 5.60. The largest absolute Gasteiger partial charge is 0.494 e. The number of anilines is 1. The highest BCUT2D eigenvalue weighted by Crippen LogP contribution is 2.17. The molecule has 6 heteroatoms. The maximum atomic E-state index is 11.6. The minimum atomic E-state index is -0.946. The van der Waals surface area contributed by atoms with Crippen molar-refractivity contribution in [3.05, 3.63) is 24.3 Å². The quantitative estimate of drug-likeness (QED) is 0.672. The highest BCUT2D eigenvalue weighted by Gasteiger charge is 2.16. The zero-order chi connectivity index (χ0) is 13.5. The van der Waals surface area contributed by atoms with Gasteiger partial charge in [-0.1, -0.05) is 6.07 Å². The molecule has 0 fully saturated rings. The molecular weight excluding hydrogens is 234 g/mol. The summed E-state index contributed by atoms with van der Waals surface area (Å²) in [5.41, 5.74) is 11.0. The molecule has 2 amide bonds. The summed E-state index contributed by atoms with van der Waals surface area (Å²) < 4.78 is 5.30. The van der Waals surface area contributed by atoms with Crippen LogP contribution in [0.3, 0.4) is 0 Å². The molecule has 0 spiro atoms. The number of primary amides is 1. The molecule has 98 valence electrons. The third-order valence-corrected chi connectivity index (χ3v) is 2.17. The van der Waals surface area contributed by atoms with Crippen LogP contribution in [0.4, 0.5) is 5.69 Å². The van der Waals surface area contributed by atoms with Crippen molar-refractivity contribution in [3.8, 4) is 5.75 Å². The van der Waals surface area contributed by atoms with Gasteiger partial charge in [-0.2, -0.15) is 0 Å². The predicted octanol–water partition coefficient (Wildman–Crippen LogP) is 0.227. The van der Waals surface area contributed by atoms with Crippen LogP contribution in [0, 0.1) is 0 Å². The molecule has 0 heterocycles. The molecule has 6 nitrogen and oxygen atoms in total. The number of hydrogen-bond donors (Lipinski definition) is 3. The van der Waals surface area contributed by atoms with Crippen LogP contribution in [-0.4, -0.2) is 24.5 Å². The Kier molecular flexibility index (Phi) is 5.13. The lowest BCUT2D eigenvalue weighted by molar-refractivity contribution is -0.123. The maximum absolute atomic E-state index is 11.6. The van der Waals surface area contributed by atoms with Gasteiger partial charge in [0.25, 0.3) is 0 Å². The van der Waals surface area contributed by atoms with Crippen LogP contribution in [0.2, 0.25) is 0 Å². The number of hydrogen-bond acceptors (Lipinski definition) is 4. The molecular formula is C12H17N3O3. The zero-order valence-corrected chi connectivity index (χ0v) is 10.2. The van der Waals surface area contributed by atoms with Gasteiger partial charge in [-0.15, -0.1) is 0 Å². The van der Waals surface area contributed by atoms with E-state index in [1.54, 1.807) is 24.3 Å². The molecule has 0 radical (unpaired) electrons. The summed E-state index contributed by atoms with van der Waals surface area (Å²) in [6, 6.07) is 5.97. The smallest absolute Gasteiger partial charge is 0.241 e. The van der Waals surface area contributed by atoms with Gasteiger partial charge in [0.1, 0.15) is 5.75 Å². The van der Waals surface area contributed by atoms with E-state index in [-0.39, 0.29) is 6.42 Å². The maximum Gasteiger partial charge on any atom is 0.241 e. The Labute approximate surface area is 105 Å². The number of benzene rings is 1. The molecule has 1 atom stereocenters. The lowest BCUT2D eigenvalue weighted by atomic mass is 10.2. The summed E-state index contributed by atoms with van der Waals surface area (Å²) in [7, 11) is 0. The molecule has 0 aliphatic rings. The molecule has 1 unspecified atom stereocenters. The summed E-state index contributed by atoms with van der Waals surface area (Å²) in [6.07, 6.45) is -0.184. The van der Waals surface area contributed by atoms with E-state index < -0.39 is 17.9 Å². The molecule has 0 saturated heterocycles. The summed E-state index contributed by atoms with van der Waals surface area (Å²) in [5.74, 6) is -0.415. The van der Waals surface area contributed by atoms with E-state index in [9.17, 15) is 9.59 Å². The third-order valence-electron chi connectivity index (χ3n) is 2.17. The van der Waals surface area contributed by atoms with E-state index in [0.717, 1.165) is 0 Å². The fourth-order valence-corrected chi connectivity index (χ4v) is 1.37. The van der Waals surface area contributed by atoms with Crippen LogP contribution >= 0.6 is 0 Å². The molecule has 0 bridgehead atoms. The average Bonchev–Trinajstić information content (AvgIpc) is 2.29. The number of carbonyl (C=O) groups excluding carboxylic acids is 2. The lowest BCUT2D eigenvalue weighted by Gasteiger charge is -2.11. The van der Waals surface area contributed by atoms with E-state index in [4.69, 9.17) is 16.2 Å². The molecule has 0 aliphatic heterocycles. The average molecular weight is 251 g/mol. The Morgan fingerprint density at radius 3 is 2.78 bits per heavy atom. The number of nitrogens with two attached hydrogens (primary N) is 2. The van der Waals surface area contributed by atoms with Gasteiger partial charge in [-0.25, -0.2) is 0 Å². The van der Waals surface area contributed by atoms with Gasteiger partial charge in [0.2, 0.25) is 11.8 Å². The van der Waals surface area contributed by atoms with Gasteiger partial charge in [-0.3, -0.25) is 9.59 Å². The van der Waals surface area contributed by atoms with Crippen molar-refractivity contribution >= 4 is 17.5 Å². The van der Waals surface area contributed by atoms with E-state index in [2.05, 4.69) is 5.32 Å². The van der Waals surface area contributed by atoms with E-state index >= 15 is 0 Å². The minimum absolute atomic E-state index is 0.184. The molecule has 5 N–H and O–H groups in total. The topological polar surface area (TPSA) is 107 Å². The molecule has 18 heavy (non-hydrogen) atoms. The highest BCUT2D eigenvalue weighted by molar-refractivity contribution is 5.97. The first-order valence-corrected chi connectivity index (χ1v) is 5.60. The molecule has 0 aromatic heterocycles. The van der Waals surface area contributed by atoms with Crippen molar-refractivity contribution in [3.63, 3.8) is 0 Å². The Morgan fingerprint density at radius 2 is 2.17 bits per heavy atom. The Balaban J connectivity index is 2.63. The molecule has 1 aromatic carbocycles. The molecule has 0 saturated carbocycles. The second-order valence-corrected chi connectivity index (χ2v) is 3.73. The van der Waals surface area contributed by atoms with Crippen molar-refractivity contribution in [2.24, 2.45) is 11.5 Å². The van der Waals surface area contributed by atoms with Gasteiger partial charge in [0.05, 0.1) is 19.1 Å². The van der Waals surface area contributed by atoms with Gasteiger partial charge in [0, 0.05) is 11.8 Å². The minimum Gasteiger partial charge on any atom is -0.494 e. The molecule has 1 rings (SSSR count). The summed E-state index contributed by atoms with van der Waals surface area (Å²) in [4.78, 5) is 22.3. The Hall–Kier alpha value is -2.08. The van der Waals surface area contributed by atoms with Crippen molar-refractivity contribution in [1.82, 2.24) is 0 Å². The van der Waals surface area contributed by atoms with Crippen molar-refractivity contribution in [2.75, 3.05) is 11.9 Å². The van der Waals surface area contributed by atoms with E-state index in [1.165, 1.54) is 0 Å². The zero-order valence-electron chi connectivity index (χ0n) is 10.2.